The number of carbonyl (C=O) groups excluding carboxylic acids is 1. The Kier molecular flexibility index (Phi) is 8.73. The van der Waals surface area contributed by atoms with Gasteiger partial charge in [-0.2, -0.15) is 18.3 Å². The summed E-state index contributed by atoms with van der Waals surface area (Å²) >= 11 is 0. The van der Waals surface area contributed by atoms with Crippen molar-refractivity contribution < 1.29 is 55.9 Å². The molecule has 1 saturated heterocycles. The average Bonchev–Trinajstić information content (AvgIpc) is 3.54. The van der Waals surface area contributed by atoms with Crippen LogP contribution in [0.3, 0.4) is 0 Å². The largest absolute Gasteiger partial charge is 1.00 e. The molecule has 2 amide bonds. The average molecular weight is 563 g/mol. The Morgan fingerprint density at radius 1 is 1.13 bits per heavy atom. The van der Waals surface area contributed by atoms with Crippen molar-refractivity contribution in [2.75, 3.05) is 29.8 Å². The molecule has 14 heteroatoms. The Bertz CT molecular complexity index is 1260. The molecule has 0 atom stereocenters. The van der Waals surface area contributed by atoms with E-state index in [0.29, 0.717) is 36.3 Å². The van der Waals surface area contributed by atoms with Crippen LogP contribution in [0.1, 0.15) is 47.9 Å². The summed E-state index contributed by atoms with van der Waals surface area (Å²) < 4.78 is 70.8. The zero-order valence-electron chi connectivity index (χ0n) is 21.6. The number of alkyl halides is 3. The second kappa shape index (κ2) is 11.4. The minimum absolute atomic E-state index is 0. The number of carbonyl (C=O) groups is 1. The summed E-state index contributed by atoms with van der Waals surface area (Å²) in [7, 11) is -2.67. The Balaban J connectivity index is 0.00000336. The van der Waals surface area contributed by atoms with Gasteiger partial charge in [0.1, 0.15) is 6.54 Å². The molecule has 0 unspecified atom stereocenters. The zero-order valence-corrected chi connectivity index (χ0v) is 24.4. The number of hydrogen-bond donors (Lipinski definition) is 1. The summed E-state index contributed by atoms with van der Waals surface area (Å²) in [5, 5.41) is 6.47. The number of nitrogens with one attached hydrogen (secondary N) is 1. The van der Waals surface area contributed by atoms with Gasteiger partial charge in [0.05, 0.1) is 11.9 Å². The maximum atomic E-state index is 13.5. The molecule has 0 saturated carbocycles. The molecule has 1 N–H and O–H groups in total. The van der Waals surface area contributed by atoms with E-state index in [2.05, 4.69) is 21.2 Å². The minimum atomic E-state index is -4.58. The molecule has 202 valence electrons. The summed E-state index contributed by atoms with van der Waals surface area (Å²) in [6.07, 6.45) is 3.90. The fourth-order valence-electron chi connectivity index (χ4n) is 5.74. The molecule has 3 aliphatic rings. The topological polar surface area (TPSA) is 102 Å². The minimum Gasteiger partial charge on any atom is -0.423 e. The smallest absolute Gasteiger partial charge is 0.423 e. The number of aromatic nitrogens is 2. The van der Waals surface area contributed by atoms with E-state index in [0.717, 1.165) is 66.4 Å². The van der Waals surface area contributed by atoms with Crippen LogP contribution in [0, 0.1) is 0 Å². The molecular formula is C24H30F3N6NaO3S. The van der Waals surface area contributed by atoms with Gasteiger partial charge in [-0.15, -0.1) is 0 Å². The number of piperidine rings is 1. The number of urea groups is 1. The second-order valence-electron chi connectivity index (χ2n) is 10.1. The number of anilines is 2. The number of fused-ring (bicyclic) bond motifs is 2. The molecule has 5 rings (SSSR count). The molecule has 0 radical (unpaired) electrons. The van der Waals surface area contributed by atoms with Crippen molar-refractivity contribution in [1.82, 2.24) is 14.7 Å². The number of halogens is 3. The standard InChI is InChI=1S/C24H31F3N6O3S.Na/c1-31-10-8-18(9-11-31)33(19-13-28-32(14-19)15-24(25,26)27)37(35,36)30-23(34)29-22-20-6-2-4-16(20)12-17-5-3-7-21(17)22;/h12-14,18H,2-11,15H2,1H3,(H2,29,30,34);/q;+1/p-1. The van der Waals surface area contributed by atoms with Gasteiger partial charge in [-0.05, 0) is 99.4 Å². The maximum absolute atomic E-state index is 13.5. The Morgan fingerprint density at radius 2 is 1.74 bits per heavy atom. The molecule has 0 bridgehead atoms. The van der Waals surface area contributed by atoms with Gasteiger partial charge in [0, 0.05) is 12.2 Å². The van der Waals surface area contributed by atoms with Crippen LogP contribution in [0.5, 0.6) is 0 Å². The van der Waals surface area contributed by atoms with Crippen LogP contribution < -0.4 is 39.2 Å². The van der Waals surface area contributed by atoms with Gasteiger partial charge in [-0.1, -0.05) is 6.07 Å². The van der Waals surface area contributed by atoms with Gasteiger partial charge < -0.3 is 14.9 Å². The first-order chi connectivity index (χ1) is 17.5. The van der Waals surface area contributed by atoms with Gasteiger partial charge in [0.25, 0.3) is 10.2 Å². The van der Waals surface area contributed by atoms with Crippen molar-refractivity contribution in [2.24, 2.45) is 0 Å². The second-order valence-corrected chi connectivity index (χ2v) is 11.5. The van der Waals surface area contributed by atoms with Gasteiger partial charge in [0.2, 0.25) is 0 Å². The molecule has 1 aromatic heterocycles. The quantitative estimate of drug-likeness (QED) is 0.533. The predicted octanol–water partition coefficient (Wildman–Crippen LogP) is 1.18. The SMILES string of the molecule is CN1CCC(N(c2cnn(CC(F)(F)F)c2)S(=O)(=O)[N-]C(=O)Nc2c3c(cc4c2CCC4)CCC3)CC1.[Na+]. The maximum Gasteiger partial charge on any atom is 1.00 e. The van der Waals surface area contributed by atoms with Crippen molar-refractivity contribution in [2.45, 2.75) is 70.1 Å². The molecule has 1 aromatic carbocycles. The Morgan fingerprint density at radius 3 is 2.32 bits per heavy atom. The summed E-state index contributed by atoms with van der Waals surface area (Å²) in [4.78, 5) is 15.1. The number of aryl methyl sites for hydroxylation is 2. The zero-order chi connectivity index (χ0) is 26.4. The van der Waals surface area contributed by atoms with Gasteiger partial charge in [0.15, 0.2) is 6.03 Å². The van der Waals surface area contributed by atoms with Crippen LogP contribution >= 0.6 is 0 Å². The van der Waals surface area contributed by atoms with Gasteiger partial charge >= 0.3 is 35.7 Å². The third kappa shape index (κ3) is 6.33. The van der Waals surface area contributed by atoms with Gasteiger partial charge in [-0.25, -0.2) is 8.42 Å². The number of benzene rings is 1. The summed E-state index contributed by atoms with van der Waals surface area (Å²) in [5.41, 5.74) is 5.09. The van der Waals surface area contributed by atoms with Crippen LogP contribution in [0.15, 0.2) is 18.5 Å². The normalized spacial score (nSPS) is 18.0. The van der Waals surface area contributed by atoms with E-state index >= 15 is 0 Å². The first-order valence-corrected chi connectivity index (χ1v) is 13.9. The molecule has 2 aliphatic carbocycles. The molecule has 38 heavy (non-hydrogen) atoms. The Labute approximate surface area is 242 Å². The van der Waals surface area contributed by atoms with E-state index in [9.17, 15) is 26.4 Å². The molecular weight excluding hydrogens is 532 g/mol. The van der Waals surface area contributed by atoms with E-state index in [-0.39, 0.29) is 35.2 Å². The fraction of sp³-hybridized carbons (Fsp3) is 0.583. The number of hydrogen-bond acceptors (Lipinski definition) is 5. The van der Waals surface area contributed by atoms with Crippen LogP contribution in [0.2, 0.25) is 0 Å². The molecule has 2 heterocycles. The number of likely N-dealkylation sites (tertiary alicyclic amines) is 1. The van der Waals surface area contributed by atoms with E-state index < -0.39 is 35.0 Å². The van der Waals surface area contributed by atoms with E-state index in [1.54, 1.807) is 0 Å². The molecule has 1 aliphatic heterocycles. The molecule has 9 nitrogen and oxygen atoms in total. The van der Waals surface area contributed by atoms with E-state index in [1.165, 1.54) is 11.1 Å². The van der Waals surface area contributed by atoms with Gasteiger partial charge in [-0.3, -0.25) is 13.8 Å². The molecule has 2 aromatic rings. The van der Waals surface area contributed by atoms with E-state index in [1.807, 2.05) is 11.9 Å². The van der Waals surface area contributed by atoms with Crippen LogP contribution in [0.4, 0.5) is 29.3 Å². The van der Waals surface area contributed by atoms with Crippen LogP contribution in [-0.2, 0) is 42.4 Å². The van der Waals surface area contributed by atoms with Crippen LogP contribution in [-0.4, -0.2) is 61.5 Å². The number of rotatable bonds is 6. The monoisotopic (exact) mass is 562 g/mol. The van der Waals surface area contributed by atoms with Crippen molar-refractivity contribution in [3.8, 4) is 0 Å². The number of amides is 2. The number of nitrogens with zero attached hydrogens (tertiary/aromatic N) is 5. The van der Waals surface area contributed by atoms with Crippen LogP contribution in [0.25, 0.3) is 4.72 Å². The predicted molar refractivity (Wildman–Crippen MR) is 133 cm³/mol. The first-order valence-electron chi connectivity index (χ1n) is 12.5. The summed E-state index contributed by atoms with van der Waals surface area (Å²) in [5.74, 6) is 0. The molecule has 0 spiro atoms. The molecule has 1 fully saturated rings. The first kappa shape index (κ1) is 29.2. The van der Waals surface area contributed by atoms with Crippen molar-refractivity contribution in [1.29, 1.82) is 0 Å². The summed E-state index contributed by atoms with van der Waals surface area (Å²) in [6, 6.07) is 0.635. The Hall–Kier alpha value is -1.80. The van der Waals surface area contributed by atoms with E-state index in [4.69, 9.17) is 0 Å². The fourth-order valence-corrected chi connectivity index (χ4v) is 7.04. The third-order valence-corrected chi connectivity index (χ3v) is 8.79. The van der Waals surface area contributed by atoms with Crippen molar-refractivity contribution in [3.63, 3.8) is 0 Å². The van der Waals surface area contributed by atoms with Crippen molar-refractivity contribution >= 4 is 27.6 Å². The third-order valence-electron chi connectivity index (χ3n) is 7.39. The van der Waals surface area contributed by atoms with Crippen molar-refractivity contribution in [3.05, 3.63) is 45.4 Å². The summed E-state index contributed by atoms with van der Waals surface area (Å²) in [6.45, 7) is -0.153.